The second-order valence-corrected chi connectivity index (χ2v) is 6.91. The molecule has 0 aliphatic heterocycles. The van der Waals surface area contributed by atoms with Crippen LogP contribution in [0.15, 0.2) is 0 Å². The van der Waals surface area contributed by atoms with Gasteiger partial charge in [-0.2, -0.15) is 0 Å². The second kappa shape index (κ2) is 9.00. The highest BCUT2D eigenvalue weighted by Crippen LogP contribution is 2.17. The molecular formula is C15H27N3O2S. The number of aryl methyl sites for hydroxylation is 2. The number of nitrogens with one attached hydrogen (secondary N) is 2. The predicted molar refractivity (Wildman–Crippen MR) is 86.8 cm³/mol. The Morgan fingerprint density at radius 1 is 1.43 bits per heavy atom. The third kappa shape index (κ3) is 6.44. The average Bonchev–Trinajstić information content (AvgIpc) is 2.77. The first-order chi connectivity index (χ1) is 9.96. The zero-order chi connectivity index (χ0) is 15.8. The van der Waals surface area contributed by atoms with Crippen molar-refractivity contribution in [3.63, 3.8) is 0 Å². The minimum Gasteiger partial charge on any atom is -0.394 e. The topological polar surface area (TPSA) is 74.2 Å². The number of rotatable bonds is 8. The van der Waals surface area contributed by atoms with Crippen LogP contribution in [0.3, 0.4) is 0 Å². The number of thiazole rings is 1. The number of aliphatic hydroxyl groups is 1. The van der Waals surface area contributed by atoms with E-state index < -0.39 is 0 Å². The lowest BCUT2D eigenvalue weighted by Crippen LogP contribution is -2.44. The van der Waals surface area contributed by atoms with Crippen LogP contribution in [0.5, 0.6) is 0 Å². The molecule has 21 heavy (non-hydrogen) atoms. The predicted octanol–water partition coefficient (Wildman–Crippen LogP) is 2.26. The van der Waals surface area contributed by atoms with E-state index >= 15 is 0 Å². The second-order valence-electron chi connectivity index (χ2n) is 5.62. The van der Waals surface area contributed by atoms with E-state index in [1.807, 2.05) is 0 Å². The molecule has 0 fully saturated rings. The van der Waals surface area contributed by atoms with E-state index in [4.69, 9.17) is 0 Å². The molecule has 0 aliphatic carbocycles. The van der Waals surface area contributed by atoms with Crippen molar-refractivity contribution in [1.29, 1.82) is 0 Å². The summed E-state index contributed by atoms with van der Waals surface area (Å²) in [7, 11) is 0. The summed E-state index contributed by atoms with van der Waals surface area (Å²) in [4.78, 5) is 17.6. The van der Waals surface area contributed by atoms with E-state index in [0.29, 0.717) is 12.5 Å². The number of aliphatic hydroxyl groups excluding tert-OH is 1. The van der Waals surface area contributed by atoms with Gasteiger partial charge in [-0.15, -0.1) is 11.3 Å². The zero-order valence-electron chi connectivity index (χ0n) is 13.4. The van der Waals surface area contributed by atoms with Gasteiger partial charge in [-0.3, -0.25) is 0 Å². The summed E-state index contributed by atoms with van der Waals surface area (Å²) in [5, 5.41) is 15.9. The minimum atomic E-state index is -0.223. The molecule has 1 rings (SSSR count). The van der Waals surface area contributed by atoms with E-state index in [1.54, 1.807) is 11.3 Å². The SMILES string of the molecule is CCc1nc(CCNC(=O)NC(CO)CC(C)C)sc1C. The van der Waals surface area contributed by atoms with Crippen LogP contribution in [0.1, 0.15) is 42.8 Å². The first-order valence-electron chi connectivity index (χ1n) is 7.56. The van der Waals surface area contributed by atoms with Crippen LogP contribution < -0.4 is 10.6 Å². The number of amides is 2. The Kier molecular flexibility index (Phi) is 7.67. The molecule has 0 bridgehead atoms. The molecule has 0 spiro atoms. The fourth-order valence-electron chi connectivity index (χ4n) is 2.19. The fourth-order valence-corrected chi connectivity index (χ4v) is 3.21. The number of urea groups is 1. The van der Waals surface area contributed by atoms with Gasteiger partial charge >= 0.3 is 6.03 Å². The van der Waals surface area contributed by atoms with Gasteiger partial charge in [-0.25, -0.2) is 9.78 Å². The summed E-state index contributed by atoms with van der Waals surface area (Å²) in [5.41, 5.74) is 1.15. The molecule has 1 aromatic heterocycles. The maximum absolute atomic E-state index is 11.8. The molecule has 5 nitrogen and oxygen atoms in total. The number of hydrogen-bond acceptors (Lipinski definition) is 4. The van der Waals surface area contributed by atoms with Gasteiger partial charge in [0.25, 0.3) is 0 Å². The lowest BCUT2D eigenvalue weighted by molar-refractivity contribution is 0.207. The zero-order valence-corrected chi connectivity index (χ0v) is 14.2. The molecule has 1 heterocycles. The summed E-state index contributed by atoms with van der Waals surface area (Å²) in [6.07, 6.45) is 2.46. The van der Waals surface area contributed by atoms with Gasteiger partial charge in [-0.05, 0) is 25.7 Å². The van der Waals surface area contributed by atoms with Gasteiger partial charge < -0.3 is 15.7 Å². The first kappa shape index (κ1) is 17.9. The highest BCUT2D eigenvalue weighted by Gasteiger charge is 2.13. The van der Waals surface area contributed by atoms with Crippen molar-refractivity contribution < 1.29 is 9.90 Å². The van der Waals surface area contributed by atoms with Crippen LogP contribution in [-0.4, -0.2) is 35.3 Å². The van der Waals surface area contributed by atoms with Gasteiger partial charge in [0.1, 0.15) is 0 Å². The minimum absolute atomic E-state index is 0.0306. The van der Waals surface area contributed by atoms with E-state index in [1.165, 1.54) is 4.88 Å². The molecule has 0 saturated carbocycles. The molecule has 120 valence electrons. The average molecular weight is 313 g/mol. The van der Waals surface area contributed by atoms with Crippen molar-refractivity contribution in [2.45, 2.75) is 53.0 Å². The van der Waals surface area contributed by atoms with Gasteiger partial charge in [0.15, 0.2) is 0 Å². The summed E-state index contributed by atoms with van der Waals surface area (Å²) < 4.78 is 0. The van der Waals surface area contributed by atoms with Crippen molar-refractivity contribution in [1.82, 2.24) is 15.6 Å². The Bertz CT molecular complexity index is 446. The van der Waals surface area contributed by atoms with E-state index in [2.05, 4.69) is 43.3 Å². The van der Waals surface area contributed by atoms with Crippen LogP contribution in [-0.2, 0) is 12.8 Å². The maximum Gasteiger partial charge on any atom is 0.315 e. The Morgan fingerprint density at radius 2 is 2.14 bits per heavy atom. The van der Waals surface area contributed by atoms with Gasteiger partial charge in [0, 0.05) is 17.8 Å². The molecular weight excluding hydrogens is 286 g/mol. The monoisotopic (exact) mass is 313 g/mol. The van der Waals surface area contributed by atoms with Crippen molar-refractivity contribution in [2.75, 3.05) is 13.2 Å². The number of nitrogens with zero attached hydrogens (tertiary/aromatic N) is 1. The van der Waals surface area contributed by atoms with Gasteiger partial charge in [0.2, 0.25) is 0 Å². The van der Waals surface area contributed by atoms with Crippen LogP contribution >= 0.6 is 11.3 Å². The molecule has 6 heteroatoms. The Morgan fingerprint density at radius 3 is 2.67 bits per heavy atom. The normalized spacial score (nSPS) is 12.5. The number of carbonyl (C=O) groups excluding carboxylic acids is 1. The molecule has 2 amide bonds. The number of carbonyl (C=O) groups is 1. The molecule has 0 radical (unpaired) electrons. The molecule has 0 aliphatic rings. The molecule has 0 aromatic carbocycles. The first-order valence-corrected chi connectivity index (χ1v) is 8.38. The number of hydrogen-bond donors (Lipinski definition) is 3. The maximum atomic E-state index is 11.8. The molecule has 3 N–H and O–H groups in total. The van der Waals surface area contributed by atoms with Crippen molar-refractivity contribution >= 4 is 17.4 Å². The van der Waals surface area contributed by atoms with Crippen LogP contribution in [0.25, 0.3) is 0 Å². The van der Waals surface area contributed by atoms with Gasteiger partial charge in [-0.1, -0.05) is 20.8 Å². The Balaban J connectivity index is 2.32. The van der Waals surface area contributed by atoms with Crippen molar-refractivity contribution in [3.05, 3.63) is 15.6 Å². The third-order valence-corrected chi connectivity index (χ3v) is 4.28. The van der Waals surface area contributed by atoms with Crippen molar-refractivity contribution in [2.24, 2.45) is 5.92 Å². The highest BCUT2D eigenvalue weighted by atomic mass is 32.1. The number of aromatic nitrogens is 1. The van der Waals surface area contributed by atoms with E-state index in [9.17, 15) is 9.90 Å². The quantitative estimate of drug-likeness (QED) is 0.689. The smallest absolute Gasteiger partial charge is 0.315 e. The Labute approximate surface area is 131 Å². The summed E-state index contributed by atoms with van der Waals surface area (Å²) >= 11 is 1.69. The van der Waals surface area contributed by atoms with E-state index in [0.717, 1.165) is 30.0 Å². The molecule has 1 aromatic rings. The van der Waals surface area contributed by atoms with Gasteiger partial charge in [0.05, 0.1) is 23.4 Å². The third-order valence-electron chi connectivity index (χ3n) is 3.21. The molecule has 1 unspecified atom stereocenters. The fraction of sp³-hybridized carbons (Fsp3) is 0.733. The summed E-state index contributed by atoms with van der Waals surface area (Å²) in [5.74, 6) is 0.438. The molecule has 0 saturated heterocycles. The van der Waals surface area contributed by atoms with Crippen molar-refractivity contribution in [3.8, 4) is 0 Å². The molecule has 1 atom stereocenters. The van der Waals surface area contributed by atoms with E-state index in [-0.39, 0.29) is 18.7 Å². The highest BCUT2D eigenvalue weighted by molar-refractivity contribution is 7.11. The summed E-state index contributed by atoms with van der Waals surface area (Å²) in [6, 6.07) is -0.405. The standard InChI is InChI=1S/C15H27N3O2S/c1-5-13-11(4)21-14(18-13)6-7-16-15(20)17-12(9-19)8-10(2)3/h10,12,19H,5-9H2,1-4H3,(H2,16,17,20). The van der Waals surface area contributed by atoms with Crippen LogP contribution in [0.2, 0.25) is 0 Å². The van der Waals surface area contributed by atoms with Crippen LogP contribution in [0.4, 0.5) is 4.79 Å². The lowest BCUT2D eigenvalue weighted by Gasteiger charge is -2.18. The summed E-state index contributed by atoms with van der Waals surface area (Å²) in [6.45, 7) is 8.84. The lowest BCUT2D eigenvalue weighted by atomic mass is 10.0. The Hall–Kier alpha value is -1.14. The largest absolute Gasteiger partial charge is 0.394 e. The van der Waals surface area contributed by atoms with Crippen LogP contribution in [0, 0.1) is 12.8 Å².